The number of nitrogens with one attached hydrogen (secondary N) is 1. The van der Waals surface area contributed by atoms with Gasteiger partial charge in [0.25, 0.3) is 0 Å². The predicted molar refractivity (Wildman–Crippen MR) is 74.6 cm³/mol. The van der Waals surface area contributed by atoms with Gasteiger partial charge in [0.05, 0.1) is 30.7 Å². The first-order chi connectivity index (χ1) is 9.31. The fourth-order valence-corrected chi connectivity index (χ4v) is 1.80. The summed E-state index contributed by atoms with van der Waals surface area (Å²) in [7, 11) is 0. The molecule has 1 aromatic carbocycles. The largest absolute Gasteiger partial charge is 0.394 e. The van der Waals surface area contributed by atoms with Crippen molar-refractivity contribution in [2.75, 3.05) is 11.9 Å². The lowest BCUT2D eigenvalue weighted by Gasteiger charge is -2.16. The zero-order chi connectivity index (χ0) is 13.5. The number of rotatable bonds is 6. The van der Waals surface area contributed by atoms with Crippen LogP contribution in [0.25, 0.3) is 0 Å². The van der Waals surface area contributed by atoms with Crippen molar-refractivity contribution in [3.63, 3.8) is 0 Å². The Labute approximate surface area is 112 Å². The highest BCUT2D eigenvalue weighted by molar-refractivity contribution is 5.33. The van der Waals surface area contributed by atoms with E-state index in [1.807, 2.05) is 30.3 Å². The molecule has 5 heteroatoms. The first kappa shape index (κ1) is 13.5. The average molecular weight is 258 g/mol. The molecule has 0 spiro atoms. The van der Waals surface area contributed by atoms with Gasteiger partial charge in [-0.1, -0.05) is 30.3 Å². The molecule has 0 aliphatic heterocycles. The van der Waals surface area contributed by atoms with E-state index in [2.05, 4.69) is 15.3 Å². The number of anilines is 1. The SMILES string of the molecule is NCc1cnc(NC(CO)Cc2ccccc2)cn1. The van der Waals surface area contributed by atoms with Gasteiger partial charge in [-0.05, 0) is 12.0 Å². The summed E-state index contributed by atoms with van der Waals surface area (Å²) >= 11 is 0. The summed E-state index contributed by atoms with van der Waals surface area (Å²) in [6, 6.07) is 9.93. The van der Waals surface area contributed by atoms with Gasteiger partial charge >= 0.3 is 0 Å². The van der Waals surface area contributed by atoms with Gasteiger partial charge in [0, 0.05) is 6.54 Å². The maximum Gasteiger partial charge on any atom is 0.144 e. The van der Waals surface area contributed by atoms with E-state index < -0.39 is 0 Å². The second-order valence-electron chi connectivity index (χ2n) is 4.31. The van der Waals surface area contributed by atoms with Crippen LogP contribution in [0.5, 0.6) is 0 Å². The summed E-state index contributed by atoms with van der Waals surface area (Å²) in [4.78, 5) is 8.37. The molecule has 0 amide bonds. The third-order valence-electron chi connectivity index (χ3n) is 2.81. The lowest BCUT2D eigenvalue weighted by Crippen LogP contribution is -2.27. The van der Waals surface area contributed by atoms with Crippen LogP contribution in [0.2, 0.25) is 0 Å². The summed E-state index contributed by atoms with van der Waals surface area (Å²) in [5, 5.41) is 12.6. The molecule has 1 aromatic heterocycles. The Morgan fingerprint density at radius 3 is 2.53 bits per heavy atom. The molecular weight excluding hydrogens is 240 g/mol. The number of hydrogen-bond acceptors (Lipinski definition) is 5. The van der Waals surface area contributed by atoms with E-state index in [9.17, 15) is 5.11 Å². The van der Waals surface area contributed by atoms with E-state index >= 15 is 0 Å². The van der Waals surface area contributed by atoms with E-state index in [-0.39, 0.29) is 12.6 Å². The Bertz CT molecular complexity index is 487. The predicted octanol–water partition coefficient (Wildman–Crippen LogP) is 0.951. The van der Waals surface area contributed by atoms with E-state index in [1.165, 1.54) is 5.56 Å². The number of aliphatic hydroxyl groups excluding tert-OH is 1. The third-order valence-corrected chi connectivity index (χ3v) is 2.81. The molecule has 4 N–H and O–H groups in total. The van der Waals surface area contributed by atoms with Crippen LogP contribution >= 0.6 is 0 Å². The molecule has 2 rings (SSSR count). The van der Waals surface area contributed by atoms with Crippen LogP contribution in [0.15, 0.2) is 42.7 Å². The van der Waals surface area contributed by atoms with Crippen molar-refractivity contribution in [2.45, 2.75) is 19.0 Å². The van der Waals surface area contributed by atoms with Gasteiger partial charge in [-0.15, -0.1) is 0 Å². The fraction of sp³-hybridized carbons (Fsp3) is 0.286. The van der Waals surface area contributed by atoms with Crippen LogP contribution in [-0.4, -0.2) is 27.7 Å². The molecule has 0 aliphatic rings. The topological polar surface area (TPSA) is 84.1 Å². The Hall–Kier alpha value is -1.98. The van der Waals surface area contributed by atoms with Crippen LogP contribution in [0.1, 0.15) is 11.3 Å². The Morgan fingerprint density at radius 1 is 1.16 bits per heavy atom. The second-order valence-corrected chi connectivity index (χ2v) is 4.31. The van der Waals surface area contributed by atoms with Crippen molar-refractivity contribution in [2.24, 2.45) is 5.73 Å². The first-order valence-corrected chi connectivity index (χ1v) is 6.24. The highest BCUT2D eigenvalue weighted by atomic mass is 16.3. The minimum atomic E-state index is -0.0829. The molecule has 0 saturated carbocycles. The van der Waals surface area contributed by atoms with Gasteiger partial charge in [-0.3, -0.25) is 4.98 Å². The van der Waals surface area contributed by atoms with Crippen molar-refractivity contribution in [1.82, 2.24) is 9.97 Å². The monoisotopic (exact) mass is 258 g/mol. The number of nitrogens with two attached hydrogens (primary N) is 1. The molecule has 1 heterocycles. The molecule has 0 bridgehead atoms. The zero-order valence-electron chi connectivity index (χ0n) is 10.7. The minimum absolute atomic E-state index is 0.0369. The normalized spacial score (nSPS) is 12.1. The van der Waals surface area contributed by atoms with E-state index in [0.717, 1.165) is 12.1 Å². The summed E-state index contributed by atoms with van der Waals surface area (Å²) in [6.07, 6.45) is 4.01. The maximum absolute atomic E-state index is 9.42. The number of aromatic nitrogens is 2. The second kappa shape index (κ2) is 6.82. The maximum atomic E-state index is 9.42. The molecule has 100 valence electrons. The van der Waals surface area contributed by atoms with Crippen LogP contribution < -0.4 is 11.1 Å². The van der Waals surface area contributed by atoms with Crippen molar-refractivity contribution >= 4 is 5.82 Å². The summed E-state index contributed by atoms with van der Waals surface area (Å²) in [5.41, 5.74) is 7.38. The standard InChI is InChI=1S/C14H18N4O/c15-7-13-8-17-14(9-16-13)18-12(10-19)6-11-4-2-1-3-5-11/h1-5,8-9,12,19H,6-7,10,15H2,(H,17,18). The molecule has 0 radical (unpaired) electrons. The van der Waals surface area contributed by atoms with Crippen LogP contribution in [0, 0.1) is 0 Å². The van der Waals surface area contributed by atoms with Crippen molar-refractivity contribution < 1.29 is 5.11 Å². The molecule has 19 heavy (non-hydrogen) atoms. The van der Waals surface area contributed by atoms with Gasteiger partial charge < -0.3 is 16.2 Å². The molecule has 0 aliphatic carbocycles. The lowest BCUT2D eigenvalue weighted by atomic mass is 10.1. The Balaban J connectivity index is 1.98. The van der Waals surface area contributed by atoms with Gasteiger partial charge in [-0.25, -0.2) is 4.98 Å². The lowest BCUT2D eigenvalue weighted by molar-refractivity contribution is 0.273. The smallest absolute Gasteiger partial charge is 0.144 e. The summed E-state index contributed by atoms with van der Waals surface area (Å²) in [6.45, 7) is 0.413. The Kier molecular flexibility index (Phi) is 4.83. The molecule has 0 fully saturated rings. The highest BCUT2D eigenvalue weighted by Gasteiger charge is 2.09. The van der Waals surface area contributed by atoms with Crippen LogP contribution in [0.3, 0.4) is 0 Å². The zero-order valence-corrected chi connectivity index (χ0v) is 10.7. The van der Waals surface area contributed by atoms with E-state index in [4.69, 9.17) is 5.73 Å². The quantitative estimate of drug-likeness (QED) is 0.718. The fourth-order valence-electron chi connectivity index (χ4n) is 1.80. The molecule has 5 nitrogen and oxygen atoms in total. The number of aliphatic hydroxyl groups is 1. The third kappa shape index (κ3) is 4.01. The molecule has 1 atom stereocenters. The number of nitrogens with zero attached hydrogens (tertiary/aromatic N) is 2. The van der Waals surface area contributed by atoms with Crippen molar-refractivity contribution in [3.8, 4) is 0 Å². The molecule has 1 unspecified atom stereocenters. The highest BCUT2D eigenvalue weighted by Crippen LogP contribution is 2.08. The van der Waals surface area contributed by atoms with Gasteiger partial charge in [-0.2, -0.15) is 0 Å². The minimum Gasteiger partial charge on any atom is -0.394 e. The Morgan fingerprint density at radius 2 is 1.95 bits per heavy atom. The van der Waals surface area contributed by atoms with E-state index in [0.29, 0.717) is 12.4 Å². The van der Waals surface area contributed by atoms with Gasteiger partial charge in [0.15, 0.2) is 0 Å². The van der Waals surface area contributed by atoms with Gasteiger partial charge in [0.1, 0.15) is 5.82 Å². The van der Waals surface area contributed by atoms with Crippen LogP contribution in [0.4, 0.5) is 5.82 Å². The van der Waals surface area contributed by atoms with Crippen molar-refractivity contribution in [1.29, 1.82) is 0 Å². The number of hydrogen-bond donors (Lipinski definition) is 3. The molecule has 2 aromatic rings. The summed E-state index contributed by atoms with van der Waals surface area (Å²) in [5.74, 6) is 0.646. The van der Waals surface area contributed by atoms with Crippen LogP contribution in [-0.2, 0) is 13.0 Å². The van der Waals surface area contributed by atoms with Crippen molar-refractivity contribution in [3.05, 3.63) is 54.0 Å². The molecular formula is C14H18N4O. The molecule has 0 saturated heterocycles. The first-order valence-electron chi connectivity index (χ1n) is 6.24. The van der Waals surface area contributed by atoms with E-state index in [1.54, 1.807) is 12.4 Å². The number of benzene rings is 1. The average Bonchev–Trinajstić information content (AvgIpc) is 2.48. The van der Waals surface area contributed by atoms with Gasteiger partial charge in [0.2, 0.25) is 0 Å². The summed E-state index contributed by atoms with van der Waals surface area (Å²) < 4.78 is 0.